The maximum atomic E-state index is 12.5. The Bertz CT molecular complexity index is 1050. The van der Waals surface area contributed by atoms with Gasteiger partial charge in [0.2, 0.25) is 0 Å². The summed E-state index contributed by atoms with van der Waals surface area (Å²) in [5.41, 5.74) is 1.09. The fourth-order valence-electron chi connectivity index (χ4n) is 2.96. The van der Waals surface area contributed by atoms with Gasteiger partial charge in [0.15, 0.2) is 5.82 Å². The van der Waals surface area contributed by atoms with Crippen molar-refractivity contribution in [2.75, 3.05) is 13.7 Å². The smallest absolute Gasteiger partial charge is 0.345 e. The topological polar surface area (TPSA) is 87.4 Å². The number of methoxy groups -OCH3 is 1. The Kier molecular flexibility index (Phi) is 6.56. The summed E-state index contributed by atoms with van der Waals surface area (Å²) in [6.45, 7) is 4.44. The minimum Gasteiger partial charge on any atom is -0.497 e. The van der Waals surface area contributed by atoms with Crippen LogP contribution in [0.15, 0.2) is 53.3 Å². The van der Waals surface area contributed by atoms with Crippen LogP contribution in [-0.2, 0) is 13.6 Å². The second-order valence-corrected chi connectivity index (χ2v) is 7.06. The van der Waals surface area contributed by atoms with E-state index in [0.717, 1.165) is 11.3 Å². The number of aromatic nitrogens is 3. The summed E-state index contributed by atoms with van der Waals surface area (Å²) >= 11 is 0. The van der Waals surface area contributed by atoms with Gasteiger partial charge in [0, 0.05) is 24.7 Å². The second kappa shape index (κ2) is 9.30. The molecule has 1 amide bonds. The molecule has 0 aliphatic rings. The Morgan fingerprint density at radius 2 is 1.70 bits per heavy atom. The Labute approximate surface area is 175 Å². The molecular formula is C22H26N4O4. The van der Waals surface area contributed by atoms with Crippen molar-refractivity contribution in [3.8, 4) is 22.9 Å². The van der Waals surface area contributed by atoms with Crippen LogP contribution in [0.5, 0.6) is 11.5 Å². The van der Waals surface area contributed by atoms with Gasteiger partial charge in [-0.05, 0) is 62.4 Å². The molecule has 30 heavy (non-hydrogen) atoms. The second-order valence-electron chi connectivity index (χ2n) is 7.06. The molecule has 158 valence electrons. The summed E-state index contributed by atoms with van der Waals surface area (Å²) in [6.07, 6.45) is 0.0733. The molecule has 8 nitrogen and oxygen atoms in total. The molecule has 0 fully saturated rings. The van der Waals surface area contributed by atoms with Crippen LogP contribution >= 0.6 is 0 Å². The molecule has 0 atom stereocenters. The van der Waals surface area contributed by atoms with Gasteiger partial charge in [-0.25, -0.2) is 9.48 Å². The van der Waals surface area contributed by atoms with Crippen molar-refractivity contribution in [1.82, 2.24) is 19.7 Å². The number of hydrogen-bond acceptors (Lipinski definition) is 5. The van der Waals surface area contributed by atoms with Crippen molar-refractivity contribution in [2.45, 2.75) is 26.5 Å². The van der Waals surface area contributed by atoms with E-state index in [2.05, 4.69) is 10.4 Å². The maximum absolute atomic E-state index is 12.5. The van der Waals surface area contributed by atoms with Crippen LogP contribution in [0.1, 0.15) is 24.2 Å². The number of nitrogens with one attached hydrogen (secondary N) is 1. The average Bonchev–Trinajstić information content (AvgIpc) is 3.02. The summed E-state index contributed by atoms with van der Waals surface area (Å²) in [4.78, 5) is 24.8. The van der Waals surface area contributed by atoms with E-state index < -0.39 is 0 Å². The Balaban J connectivity index is 1.62. The zero-order valence-electron chi connectivity index (χ0n) is 17.6. The normalized spacial score (nSPS) is 10.8. The van der Waals surface area contributed by atoms with Crippen molar-refractivity contribution in [1.29, 1.82) is 0 Å². The zero-order chi connectivity index (χ0) is 21.7. The molecule has 3 rings (SSSR count). The van der Waals surface area contributed by atoms with Crippen molar-refractivity contribution < 1.29 is 14.3 Å². The van der Waals surface area contributed by atoms with E-state index in [1.165, 1.54) is 9.25 Å². The summed E-state index contributed by atoms with van der Waals surface area (Å²) in [6, 6.07) is 14.3. The molecule has 0 radical (unpaired) electrons. The summed E-state index contributed by atoms with van der Waals surface area (Å²) in [5.74, 6) is 1.78. The Morgan fingerprint density at radius 1 is 1.07 bits per heavy atom. The lowest BCUT2D eigenvalue weighted by Gasteiger charge is -2.10. The van der Waals surface area contributed by atoms with Gasteiger partial charge in [0.1, 0.15) is 11.5 Å². The van der Waals surface area contributed by atoms with Crippen molar-refractivity contribution >= 4 is 5.91 Å². The lowest BCUT2D eigenvalue weighted by Crippen LogP contribution is -2.31. The highest BCUT2D eigenvalue weighted by Gasteiger charge is 2.13. The van der Waals surface area contributed by atoms with Gasteiger partial charge in [-0.1, -0.05) is 0 Å². The van der Waals surface area contributed by atoms with Crippen LogP contribution in [-0.4, -0.2) is 40.0 Å². The maximum Gasteiger partial charge on any atom is 0.345 e. The molecule has 0 aliphatic heterocycles. The third kappa shape index (κ3) is 4.89. The predicted molar refractivity (Wildman–Crippen MR) is 114 cm³/mol. The third-order valence-corrected chi connectivity index (χ3v) is 4.49. The van der Waals surface area contributed by atoms with Crippen LogP contribution in [0, 0.1) is 0 Å². The van der Waals surface area contributed by atoms with E-state index in [1.54, 1.807) is 38.4 Å². The van der Waals surface area contributed by atoms with Gasteiger partial charge in [-0.15, -0.1) is 5.10 Å². The molecular weight excluding hydrogens is 384 g/mol. The van der Waals surface area contributed by atoms with E-state index in [0.29, 0.717) is 17.1 Å². The molecule has 0 saturated carbocycles. The van der Waals surface area contributed by atoms with Gasteiger partial charge < -0.3 is 14.8 Å². The quantitative estimate of drug-likeness (QED) is 0.616. The minimum atomic E-state index is -0.245. The van der Waals surface area contributed by atoms with E-state index in [4.69, 9.17) is 9.47 Å². The first kappa shape index (κ1) is 21.2. The fraction of sp³-hybridized carbons (Fsp3) is 0.318. The SMILES string of the molecule is COc1ccc(-c2nn(CCNC(=O)c3ccc(OC(C)C)cc3)c(=O)n2C)cc1. The molecule has 2 aromatic carbocycles. The molecule has 0 spiro atoms. The minimum absolute atomic E-state index is 0.0733. The molecule has 1 heterocycles. The monoisotopic (exact) mass is 410 g/mol. The van der Waals surface area contributed by atoms with Gasteiger partial charge in [-0.2, -0.15) is 0 Å². The van der Waals surface area contributed by atoms with Gasteiger partial charge >= 0.3 is 5.69 Å². The van der Waals surface area contributed by atoms with E-state index in [1.807, 2.05) is 38.1 Å². The van der Waals surface area contributed by atoms with Crippen LogP contribution in [0.2, 0.25) is 0 Å². The Morgan fingerprint density at radius 3 is 2.30 bits per heavy atom. The highest BCUT2D eigenvalue weighted by Crippen LogP contribution is 2.19. The number of carbonyl (C=O) groups is 1. The highest BCUT2D eigenvalue weighted by molar-refractivity contribution is 5.94. The van der Waals surface area contributed by atoms with Crippen molar-refractivity contribution in [2.24, 2.45) is 7.05 Å². The van der Waals surface area contributed by atoms with Gasteiger partial charge in [0.25, 0.3) is 5.91 Å². The molecule has 1 N–H and O–H groups in total. The average molecular weight is 410 g/mol. The van der Waals surface area contributed by atoms with Crippen LogP contribution < -0.4 is 20.5 Å². The van der Waals surface area contributed by atoms with Crippen molar-refractivity contribution in [3.05, 3.63) is 64.6 Å². The van der Waals surface area contributed by atoms with E-state index in [9.17, 15) is 9.59 Å². The summed E-state index contributed by atoms with van der Waals surface area (Å²) < 4.78 is 13.6. The number of ether oxygens (including phenoxy) is 2. The lowest BCUT2D eigenvalue weighted by molar-refractivity contribution is 0.0951. The van der Waals surface area contributed by atoms with Crippen LogP contribution in [0.25, 0.3) is 11.4 Å². The number of rotatable bonds is 8. The highest BCUT2D eigenvalue weighted by atomic mass is 16.5. The molecule has 0 aliphatic carbocycles. The first-order chi connectivity index (χ1) is 14.4. The van der Waals surface area contributed by atoms with Gasteiger partial charge in [0.05, 0.1) is 19.8 Å². The van der Waals surface area contributed by atoms with Crippen LogP contribution in [0.4, 0.5) is 0 Å². The number of carbonyl (C=O) groups excluding carboxylic acids is 1. The number of benzene rings is 2. The zero-order valence-corrected chi connectivity index (χ0v) is 17.6. The molecule has 0 bridgehead atoms. The molecule has 0 unspecified atom stereocenters. The molecule has 8 heteroatoms. The first-order valence-corrected chi connectivity index (χ1v) is 9.72. The fourth-order valence-corrected chi connectivity index (χ4v) is 2.96. The predicted octanol–water partition coefficient (Wildman–Crippen LogP) is 2.47. The number of amides is 1. The van der Waals surface area contributed by atoms with E-state index in [-0.39, 0.29) is 30.8 Å². The van der Waals surface area contributed by atoms with Gasteiger partial charge in [-0.3, -0.25) is 9.36 Å². The van der Waals surface area contributed by atoms with Crippen molar-refractivity contribution in [3.63, 3.8) is 0 Å². The number of hydrogen-bond donors (Lipinski definition) is 1. The Hall–Kier alpha value is -3.55. The third-order valence-electron chi connectivity index (χ3n) is 4.49. The van der Waals surface area contributed by atoms with Crippen LogP contribution in [0.3, 0.4) is 0 Å². The molecule has 3 aromatic rings. The summed E-state index contributed by atoms with van der Waals surface area (Å²) in [7, 11) is 3.27. The first-order valence-electron chi connectivity index (χ1n) is 9.72. The molecule has 1 aromatic heterocycles. The molecule has 0 saturated heterocycles. The largest absolute Gasteiger partial charge is 0.497 e. The standard InChI is InChI=1S/C22H26N4O4/c1-15(2)30-19-11-7-17(8-12-19)21(27)23-13-14-26-22(28)25(3)20(24-26)16-5-9-18(29-4)10-6-16/h5-12,15H,13-14H2,1-4H3,(H,23,27). The lowest BCUT2D eigenvalue weighted by atomic mass is 10.2. The van der Waals surface area contributed by atoms with E-state index >= 15 is 0 Å². The summed E-state index contributed by atoms with van der Waals surface area (Å²) in [5, 5.41) is 7.22. The number of nitrogens with zero attached hydrogens (tertiary/aromatic N) is 3.